The lowest BCUT2D eigenvalue weighted by Gasteiger charge is -2.37. The molecular formula is C23H28FN3O3. The number of ether oxygens (including phenoxy) is 1. The summed E-state index contributed by atoms with van der Waals surface area (Å²) in [6.07, 6.45) is -0.292. The second-order valence-electron chi connectivity index (χ2n) is 8.37. The fraction of sp³-hybridized carbons (Fsp3) is 0.391. The highest BCUT2D eigenvalue weighted by molar-refractivity contribution is 6.05. The maximum Gasteiger partial charge on any atom is 0.410 e. The van der Waals surface area contributed by atoms with Gasteiger partial charge in [0.15, 0.2) is 0 Å². The summed E-state index contributed by atoms with van der Waals surface area (Å²) in [7, 11) is 0. The predicted octanol–water partition coefficient (Wildman–Crippen LogP) is 4.44. The van der Waals surface area contributed by atoms with E-state index in [0.29, 0.717) is 37.4 Å². The first-order valence-electron chi connectivity index (χ1n) is 10.0. The number of amides is 2. The van der Waals surface area contributed by atoms with Crippen LogP contribution in [0.15, 0.2) is 42.5 Å². The third-order valence-electron chi connectivity index (χ3n) is 4.93. The molecule has 30 heavy (non-hydrogen) atoms. The zero-order valence-electron chi connectivity index (χ0n) is 17.9. The molecule has 1 aliphatic heterocycles. The molecule has 0 saturated carbocycles. The molecule has 1 aliphatic rings. The van der Waals surface area contributed by atoms with Crippen molar-refractivity contribution in [3.63, 3.8) is 0 Å². The third-order valence-corrected chi connectivity index (χ3v) is 4.93. The van der Waals surface area contributed by atoms with E-state index in [1.807, 2.05) is 45.9 Å². The van der Waals surface area contributed by atoms with Crippen LogP contribution >= 0.6 is 0 Å². The normalized spacial score (nSPS) is 14.4. The number of nitrogens with zero attached hydrogens (tertiary/aromatic N) is 2. The maximum absolute atomic E-state index is 13.1. The van der Waals surface area contributed by atoms with E-state index < -0.39 is 5.60 Å². The van der Waals surface area contributed by atoms with E-state index in [1.54, 1.807) is 4.90 Å². The highest BCUT2D eigenvalue weighted by Crippen LogP contribution is 2.28. The number of hydrogen-bond acceptors (Lipinski definition) is 4. The second-order valence-corrected chi connectivity index (χ2v) is 8.37. The van der Waals surface area contributed by atoms with Gasteiger partial charge in [0.05, 0.1) is 0 Å². The van der Waals surface area contributed by atoms with Crippen molar-refractivity contribution in [1.29, 1.82) is 0 Å². The fourth-order valence-corrected chi connectivity index (χ4v) is 3.35. The van der Waals surface area contributed by atoms with Gasteiger partial charge in [0.2, 0.25) is 0 Å². The molecular weight excluding hydrogens is 385 g/mol. The van der Waals surface area contributed by atoms with Crippen LogP contribution in [-0.4, -0.2) is 48.7 Å². The van der Waals surface area contributed by atoms with E-state index >= 15 is 0 Å². The monoisotopic (exact) mass is 413 g/mol. The number of benzene rings is 2. The number of carbonyl (C=O) groups excluding carboxylic acids is 2. The Morgan fingerprint density at radius 2 is 1.63 bits per heavy atom. The summed E-state index contributed by atoms with van der Waals surface area (Å²) in [5, 5.41) is 2.91. The van der Waals surface area contributed by atoms with Gasteiger partial charge in [-0.15, -0.1) is 0 Å². The highest BCUT2D eigenvalue weighted by atomic mass is 19.1. The number of nitrogens with one attached hydrogen (secondary N) is 1. The zero-order valence-corrected chi connectivity index (χ0v) is 17.9. The van der Waals surface area contributed by atoms with Gasteiger partial charge in [0.1, 0.15) is 11.4 Å². The van der Waals surface area contributed by atoms with Crippen LogP contribution in [0.25, 0.3) is 0 Å². The van der Waals surface area contributed by atoms with Gasteiger partial charge in [-0.3, -0.25) is 4.79 Å². The summed E-state index contributed by atoms with van der Waals surface area (Å²) in [6, 6.07) is 11.2. The van der Waals surface area contributed by atoms with Crippen LogP contribution in [-0.2, 0) is 4.74 Å². The molecule has 0 atom stereocenters. The van der Waals surface area contributed by atoms with Gasteiger partial charge in [-0.2, -0.15) is 0 Å². The molecule has 1 heterocycles. The van der Waals surface area contributed by atoms with Crippen molar-refractivity contribution in [2.24, 2.45) is 0 Å². The smallest absolute Gasteiger partial charge is 0.410 e. The zero-order chi connectivity index (χ0) is 21.9. The first kappa shape index (κ1) is 21.6. The highest BCUT2D eigenvalue weighted by Gasteiger charge is 2.26. The number of hydrogen-bond donors (Lipinski definition) is 1. The van der Waals surface area contributed by atoms with E-state index in [0.717, 1.165) is 11.3 Å². The van der Waals surface area contributed by atoms with Crippen LogP contribution in [0, 0.1) is 12.7 Å². The Labute approximate surface area is 176 Å². The lowest BCUT2D eigenvalue weighted by Crippen LogP contribution is -2.50. The average Bonchev–Trinajstić information content (AvgIpc) is 2.69. The molecule has 0 aromatic heterocycles. The van der Waals surface area contributed by atoms with Crippen LogP contribution in [0.2, 0.25) is 0 Å². The van der Waals surface area contributed by atoms with Crippen molar-refractivity contribution in [2.75, 3.05) is 36.4 Å². The van der Waals surface area contributed by atoms with Gasteiger partial charge >= 0.3 is 6.09 Å². The minimum atomic E-state index is -0.512. The molecule has 0 radical (unpaired) electrons. The number of rotatable bonds is 3. The quantitative estimate of drug-likeness (QED) is 0.808. The predicted molar refractivity (Wildman–Crippen MR) is 116 cm³/mol. The van der Waals surface area contributed by atoms with E-state index in [-0.39, 0.29) is 17.8 Å². The van der Waals surface area contributed by atoms with Gasteiger partial charge in [0.25, 0.3) is 5.91 Å². The van der Waals surface area contributed by atoms with Crippen molar-refractivity contribution in [3.8, 4) is 0 Å². The Morgan fingerprint density at radius 3 is 2.23 bits per heavy atom. The summed E-state index contributed by atoms with van der Waals surface area (Å²) in [5.41, 5.74) is 2.54. The van der Waals surface area contributed by atoms with Crippen LogP contribution < -0.4 is 10.2 Å². The minimum absolute atomic E-state index is 0.287. The molecule has 160 valence electrons. The summed E-state index contributed by atoms with van der Waals surface area (Å²) in [6.45, 7) is 10.0. The molecule has 3 rings (SSSR count). The van der Waals surface area contributed by atoms with Gasteiger partial charge < -0.3 is 19.9 Å². The molecule has 1 fully saturated rings. The fourth-order valence-electron chi connectivity index (χ4n) is 3.35. The molecule has 0 bridgehead atoms. The van der Waals surface area contributed by atoms with Gasteiger partial charge in [-0.1, -0.05) is 6.07 Å². The summed E-state index contributed by atoms with van der Waals surface area (Å²) >= 11 is 0. The molecule has 2 aromatic rings. The van der Waals surface area contributed by atoms with Gasteiger partial charge in [-0.05, 0) is 69.7 Å². The first-order valence-corrected chi connectivity index (χ1v) is 10.0. The topological polar surface area (TPSA) is 61.9 Å². The number of anilines is 2. The number of carbonyl (C=O) groups is 2. The van der Waals surface area contributed by atoms with E-state index in [9.17, 15) is 14.0 Å². The largest absolute Gasteiger partial charge is 0.444 e. The van der Waals surface area contributed by atoms with Crippen molar-refractivity contribution < 1.29 is 18.7 Å². The van der Waals surface area contributed by atoms with Crippen LogP contribution in [0.3, 0.4) is 0 Å². The van der Waals surface area contributed by atoms with Crippen LogP contribution in [0.5, 0.6) is 0 Å². The number of halogens is 1. The maximum atomic E-state index is 13.1. The van der Waals surface area contributed by atoms with Crippen LogP contribution in [0.1, 0.15) is 36.7 Å². The van der Waals surface area contributed by atoms with Crippen molar-refractivity contribution in [2.45, 2.75) is 33.3 Å². The summed E-state index contributed by atoms with van der Waals surface area (Å²) in [5.74, 6) is -0.666. The Morgan fingerprint density at radius 1 is 1.00 bits per heavy atom. The number of piperazine rings is 1. The molecule has 1 saturated heterocycles. The molecule has 1 N–H and O–H groups in total. The van der Waals surface area contributed by atoms with Gasteiger partial charge in [-0.25, -0.2) is 9.18 Å². The standard InChI is InChI=1S/C23H28FN3O3/c1-16-19(25-21(28)17-8-10-18(24)11-9-17)6-5-7-20(16)26-12-14-27(15-13-26)22(29)30-23(2,3)4/h5-11H,12-15H2,1-4H3,(H,25,28). The SMILES string of the molecule is Cc1c(NC(=O)c2ccc(F)cc2)cccc1N1CCN(C(=O)OC(C)(C)C)CC1. The average molecular weight is 413 g/mol. The van der Waals surface area contributed by atoms with Crippen LogP contribution in [0.4, 0.5) is 20.6 Å². The molecule has 6 nitrogen and oxygen atoms in total. The summed E-state index contributed by atoms with van der Waals surface area (Å²) in [4.78, 5) is 28.7. The van der Waals surface area contributed by atoms with Crippen molar-refractivity contribution in [1.82, 2.24) is 4.90 Å². The summed E-state index contributed by atoms with van der Waals surface area (Å²) < 4.78 is 18.5. The minimum Gasteiger partial charge on any atom is -0.444 e. The Bertz CT molecular complexity index is 914. The first-order chi connectivity index (χ1) is 14.1. The molecule has 0 aliphatic carbocycles. The van der Waals surface area contributed by atoms with E-state index in [1.165, 1.54) is 24.3 Å². The molecule has 2 aromatic carbocycles. The lowest BCUT2D eigenvalue weighted by molar-refractivity contribution is 0.0240. The Kier molecular flexibility index (Phi) is 6.29. The van der Waals surface area contributed by atoms with Crippen molar-refractivity contribution in [3.05, 3.63) is 59.4 Å². The second kappa shape index (κ2) is 8.73. The molecule has 7 heteroatoms. The van der Waals surface area contributed by atoms with E-state index in [2.05, 4.69) is 10.2 Å². The third kappa shape index (κ3) is 5.28. The Hall–Kier alpha value is -3.09. The van der Waals surface area contributed by atoms with E-state index in [4.69, 9.17) is 4.74 Å². The molecule has 0 unspecified atom stereocenters. The lowest BCUT2D eigenvalue weighted by atomic mass is 10.1. The Balaban J connectivity index is 1.66. The van der Waals surface area contributed by atoms with Gasteiger partial charge in [0, 0.05) is 43.1 Å². The molecule has 2 amide bonds. The molecule has 0 spiro atoms. The van der Waals surface area contributed by atoms with Crippen molar-refractivity contribution >= 4 is 23.4 Å².